The molecule has 3 nitrogen and oxygen atoms in total. The Hall–Kier alpha value is -7.62. The Bertz CT molecular complexity index is 3520. The van der Waals surface area contributed by atoms with Crippen LogP contribution in [-0.4, -0.2) is 9.97 Å². The molecule has 0 unspecified atom stereocenters. The van der Waals surface area contributed by atoms with Crippen molar-refractivity contribution in [3.63, 3.8) is 0 Å². The van der Waals surface area contributed by atoms with Crippen molar-refractivity contribution in [2.45, 2.75) is 19.3 Å². The molecule has 1 aliphatic rings. The minimum Gasteiger partial charge on any atom is -0.455 e. The summed E-state index contributed by atoms with van der Waals surface area (Å²) in [6, 6.07) is 69.5. The van der Waals surface area contributed by atoms with Crippen molar-refractivity contribution < 1.29 is 4.42 Å². The lowest BCUT2D eigenvalue weighted by atomic mass is 9.81. The first kappa shape index (κ1) is 34.4. The number of furan rings is 1. The van der Waals surface area contributed by atoms with Gasteiger partial charge in [-0.1, -0.05) is 159 Å². The molecule has 0 N–H and O–H groups in total. The summed E-state index contributed by atoms with van der Waals surface area (Å²) in [7, 11) is 0. The Morgan fingerprint density at radius 3 is 1.82 bits per heavy atom. The van der Waals surface area contributed by atoms with E-state index in [0.29, 0.717) is 5.82 Å². The number of rotatable bonds is 5. The summed E-state index contributed by atoms with van der Waals surface area (Å²) in [6.45, 7) is 4.71. The van der Waals surface area contributed by atoms with Crippen LogP contribution in [-0.2, 0) is 5.41 Å². The Balaban J connectivity index is 0.974. The van der Waals surface area contributed by atoms with Crippen molar-refractivity contribution in [1.29, 1.82) is 0 Å². The van der Waals surface area contributed by atoms with Crippen molar-refractivity contribution in [3.05, 3.63) is 205 Å². The Morgan fingerprint density at radius 1 is 0.383 bits per heavy atom. The predicted octanol–water partition coefficient (Wildman–Crippen LogP) is 15.3. The molecule has 0 fully saturated rings. The first-order chi connectivity index (χ1) is 29.5. The molecule has 0 amide bonds. The van der Waals surface area contributed by atoms with Crippen LogP contribution in [0.5, 0.6) is 0 Å². The van der Waals surface area contributed by atoms with Crippen molar-refractivity contribution >= 4 is 43.5 Å². The van der Waals surface area contributed by atoms with Gasteiger partial charge in [0.05, 0.1) is 11.4 Å². The van der Waals surface area contributed by atoms with Crippen LogP contribution in [0.1, 0.15) is 25.0 Å². The third-order valence-electron chi connectivity index (χ3n) is 12.6. The molecule has 1 aliphatic carbocycles. The van der Waals surface area contributed by atoms with Crippen LogP contribution < -0.4 is 0 Å². The molecule has 0 bridgehead atoms. The van der Waals surface area contributed by atoms with Crippen molar-refractivity contribution in [2.24, 2.45) is 0 Å². The summed E-state index contributed by atoms with van der Waals surface area (Å²) in [5.74, 6) is 0.695. The lowest BCUT2D eigenvalue weighted by Crippen LogP contribution is -2.14. The first-order valence-electron chi connectivity index (χ1n) is 20.6. The van der Waals surface area contributed by atoms with Gasteiger partial charge in [0, 0.05) is 38.3 Å². The second-order valence-corrected chi connectivity index (χ2v) is 16.6. The minimum atomic E-state index is -0.115. The number of benzene rings is 9. The molecule has 11 aromatic rings. The van der Waals surface area contributed by atoms with Gasteiger partial charge in [0.25, 0.3) is 0 Å². The van der Waals surface area contributed by atoms with E-state index in [4.69, 9.17) is 14.4 Å². The van der Waals surface area contributed by atoms with Crippen LogP contribution in [0.3, 0.4) is 0 Å². The van der Waals surface area contributed by atoms with E-state index >= 15 is 0 Å². The van der Waals surface area contributed by atoms with Crippen LogP contribution in [0.25, 0.3) is 111 Å². The van der Waals surface area contributed by atoms with E-state index in [2.05, 4.69) is 190 Å². The highest BCUT2D eigenvalue weighted by Gasteiger charge is 2.37. The van der Waals surface area contributed by atoms with Gasteiger partial charge in [-0.3, -0.25) is 0 Å². The van der Waals surface area contributed by atoms with Gasteiger partial charge in [-0.25, -0.2) is 9.97 Å². The van der Waals surface area contributed by atoms with Crippen LogP contribution in [0.2, 0.25) is 0 Å². The molecule has 12 rings (SSSR count). The SMILES string of the molecule is CC1(C)c2cc3ccccc3cc2-c2c(-c3cccc(-c4cc(-c5cccc(-c6ccc7oc8c9ccccc9ccc8c7c6)c5)nc(-c5ccccc5)n4)c3)cccc21. The van der Waals surface area contributed by atoms with Gasteiger partial charge in [0.2, 0.25) is 0 Å². The second kappa shape index (κ2) is 13.2. The maximum atomic E-state index is 6.44. The molecule has 2 aromatic heterocycles. The molecule has 0 atom stereocenters. The summed E-state index contributed by atoms with van der Waals surface area (Å²) in [6.07, 6.45) is 0. The fourth-order valence-electron chi connectivity index (χ4n) is 9.56. The topological polar surface area (TPSA) is 38.9 Å². The van der Waals surface area contributed by atoms with Crippen LogP contribution >= 0.6 is 0 Å². The number of nitrogens with zero attached hydrogens (tertiary/aromatic N) is 2. The highest BCUT2D eigenvalue weighted by Crippen LogP contribution is 2.53. The largest absolute Gasteiger partial charge is 0.455 e. The highest BCUT2D eigenvalue weighted by atomic mass is 16.3. The Kier molecular flexibility index (Phi) is 7.58. The normalized spacial score (nSPS) is 13.0. The standard InChI is InChI=1S/C57H38N2O/c1-57(2)49-24-12-23-44(54(49)48-32-38-16-6-7-17-39(38)33-50(48)57)41-19-11-21-43(30-41)52-34-51(58-56(59-52)36-14-4-3-5-15-36)42-20-10-18-37(29-42)40-26-28-53-47(31-40)46-27-25-35-13-8-9-22-45(35)55(46)60-53/h3-34H,1-2H3. The van der Waals surface area contributed by atoms with Gasteiger partial charge >= 0.3 is 0 Å². The molecule has 282 valence electrons. The van der Waals surface area contributed by atoms with Crippen LogP contribution in [0, 0.1) is 0 Å². The summed E-state index contributed by atoms with van der Waals surface area (Å²) in [5, 5.41) is 7.08. The minimum absolute atomic E-state index is 0.115. The molecular formula is C57H38N2O. The monoisotopic (exact) mass is 766 g/mol. The predicted molar refractivity (Wildman–Crippen MR) is 249 cm³/mol. The van der Waals surface area contributed by atoms with E-state index in [0.717, 1.165) is 66.5 Å². The van der Waals surface area contributed by atoms with Crippen molar-refractivity contribution in [3.8, 4) is 67.3 Å². The second-order valence-electron chi connectivity index (χ2n) is 16.6. The molecule has 0 spiro atoms. The lowest BCUT2D eigenvalue weighted by Gasteiger charge is -2.22. The molecule has 0 saturated carbocycles. The average Bonchev–Trinajstić information content (AvgIpc) is 3.80. The van der Waals surface area contributed by atoms with Gasteiger partial charge in [-0.15, -0.1) is 0 Å². The summed E-state index contributed by atoms with van der Waals surface area (Å²) >= 11 is 0. The smallest absolute Gasteiger partial charge is 0.160 e. The molecule has 0 radical (unpaired) electrons. The zero-order valence-electron chi connectivity index (χ0n) is 33.3. The van der Waals surface area contributed by atoms with Gasteiger partial charge < -0.3 is 4.42 Å². The van der Waals surface area contributed by atoms with Gasteiger partial charge in [0.15, 0.2) is 5.82 Å². The van der Waals surface area contributed by atoms with E-state index in [9.17, 15) is 0 Å². The maximum Gasteiger partial charge on any atom is 0.160 e. The van der Waals surface area contributed by atoms with E-state index in [-0.39, 0.29) is 5.41 Å². The molecule has 2 heterocycles. The average molecular weight is 767 g/mol. The zero-order chi connectivity index (χ0) is 40.0. The Morgan fingerprint density at radius 2 is 1.02 bits per heavy atom. The Labute approximate surface area is 348 Å². The third-order valence-corrected chi connectivity index (χ3v) is 12.6. The molecule has 0 saturated heterocycles. The van der Waals surface area contributed by atoms with E-state index in [1.807, 2.05) is 18.2 Å². The fourth-order valence-corrected chi connectivity index (χ4v) is 9.56. The number of aromatic nitrogens is 2. The third kappa shape index (κ3) is 5.43. The van der Waals surface area contributed by atoms with E-state index in [1.54, 1.807) is 0 Å². The van der Waals surface area contributed by atoms with E-state index in [1.165, 1.54) is 49.5 Å². The number of fused-ring (bicyclic) bond motifs is 9. The maximum absolute atomic E-state index is 6.44. The molecule has 0 aliphatic heterocycles. The van der Waals surface area contributed by atoms with Crippen molar-refractivity contribution in [2.75, 3.05) is 0 Å². The summed E-state index contributed by atoms with van der Waals surface area (Å²) in [4.78, 5) is 10.5. The zero-order valence-corrected chi connectivity index (χ0v) is 33.3. The number of hydrogen-bond donors (Lipinski definition) is 0. The van der Waals surface area contributed by atoms with Crippen molar-refractivity contribution in [1.82, 2.24) is 9.97 Å². The summed E-state index contributed by atoms with van der Waals surface area (Å²) < 4.78 is 6.44. The quantitative estimate of drug-likeness (QED) is 0.175. The molecule has 3 heteroatoms. The van der Waals surface area contributed by atoms with Gasteiger partial charge in [0.1, 0.15) is 11.2 Å². The summed E-state index contributed by atoms with van der Waals surface area (Å²) in [5.41, 5.74) is 16.5. The first-order valence-corrected chi connectivity index (χ1v) is 20.6. The fraction of sp³-hybridized carbons (Fsp3) is 0.0526. The molecular weight excluding hydrogens is 729 g/mol. The highest BCUT2D eigenvalue weighted by molar-refractivity contribution is 6.15. The lowest BCUT2D eigenvalue weighted by molar-refractivity contribution is 0.661. The van der Waals surface area contributed by atoms with Gasteiger partial charge in [-0.05, 0) is 109 Å². The van der Waals surface area contributed by atoms with E-state index < -0.39 is 0 Å². The van der Waals surface area contributed by atoms with Crippen LogP contribution in [0.15, 0.2) is 199 Å². The van der Waals surface area contributed by atoms with Gasteiger partial charge in [-0.2, -0.15) is 0 Å². The molecule has 60 heavy (non-hydrogen) atoms. The number of hydrogen-bond acceptors (Lipinski definition) is 3. The van der Waals surface area contributed by atoms with Crippen LogP contribution in [0.4, 0.5) is 0 Å². The molecule has 9 aromatic carbocycles.